The summed E-state index contributed by atoms with van der Waals surface area (Å²) < 4.78 is 29.7. The molecular formula is C21H31N3O2S. The van der Waals surface area contributed by atoms with Crippen molar-refractivity contribution in [2.75, 3.05) is 13.1 Å². The van der Waals surface area contributed by atoms with E-state index in [1.165, 1.54) is 5.56 Å². The lowest BCUT2D eigenvalue weighted by molar-refractivity contribution is 0.251. The van der Waals surface area contributed by atoms with Gasteiger partial charge in [-0.1, -0.05) is 39.3 Å². The Morgan fingerprint density at radius 1 is 1.15 bits per heavy atom. The Kier molecular flexibility index (Phi) is 6.37. The molecule has 6 heteroatoms. The Labute approximate surface area is 163 Å². The molecule has 1 aliphatic heterocycles. The molecule has 0 aliphatic carbocycles. The average molecular weight is 390 g/mol. The van der Waals surface area contributed by atoms with E-state index in [9.17, 15) is 8.42 Å². The van der Waals surface area contributed by atoms with Crippen LogP contribution in [-0.2, 0) is 23.0 Å². The Morgan fingerprint density at radius 3 is 2.41 bits per heavy atom. The van der Waals surface area contributed by atoms with Gasteiger partial charge in [-0.3, -0.25) is 0 Å². The normalized spacial score (nSPS) is 16.9. The van der Waals surface area contributed by atoms with E-state index in [2.05, 4.69) is 30.3 Å². The fraction of sp³-hybridized carbons (Fsp3) is 0.571. The van der Waals surface area contributed by atoms with Crippen molar-refractivity contribution in [2.24, 2.45) is 5.92 Å². The number of hydrogen-bond donors (Lipinski definition) is 0. The summed E-state index contributed by atoms with van der Waals surface area (Å²) in [7, 11) is -3.39. The topological polar surface area (TPSA) is 55.2 Å². The first-order chi connectivity index (χ1) is 12.9. The van der Waals surface area contributed by atoms with Gasteiger partial charge in [0, 0.05) is 37.9 Å². The van der Waals surface area contributed by atoms with Crippen LogP contribution >= 0.6 is 0 Å². The SMILES string of the molecule is CCCc1ccc(S(=O)(=O)N2CCC(Cn3ccnc3C(C)C)CC2)cc1. The molecule has 27 heavy (non-hydrogen) atoms. The highest BCUT2D eigenvalue weighted by molar-refractivity contribution is 7.89. The summed E-state index contributed by atoms with van der Waals surface area (Å²) in [4.78, 5) is 4.87. The maximum absolute atomic E-state index is 12.9. The molecule has 0 bridgehead atoms. The fourth-order valence-corrected chi connectivity index (χ4v) is 5.32. The molecule has 3 rings (SSSR count). The monoisotopic (exact) mass is 389 g/mol. The highest BCUT2D eigenvalue weighted by Crippen LogP contribution is 2.26. The summed E-state index contributed by atoms with van der Waals surface area (Å²) in [6.45, 7) is 8.54. The van der Waals surface area contributed by atoms with Gasteiger partial charge in [0.15, 0.2) is 0 Å². The highest BCUT2D eigenvalue weighted by atomic mass is 32.2. The molecule has 1 fully saturated rings. The zero-order valence-corrected chi connectivity index (χ0v) is 17.5. The fourth-order valence-electron chi connectivity index (χ4n) is 3.85. The molecule has 1 aromatic carbocycles. The van der Waals surface area contributed by atoms with Gasteiger partial charge in [-0.25, -0.2) is 13.4 Å². The zero-order valence-electron chi connectivity index (χ0n) is 16.6. The molecule has 0 atom stereocenters. The standard InChI is InChI=1S/C21H31N3O2S/c1-4-5-18-6-8-20(9-7-18)27(25,26)24-13-10-19(11-14-24)16-23-15-12-22-21(23)17(2)3/h6-9,12,15,17,19H,4-5,10-11,13-14,16H2,1-3H3. The first-order valence-electron chi connectivity index (χ1n) is 10.0. The molecule has 0 saturated carbocycles. The minimum Gasteiger partial charge on any atom is -0.334 e. The molecule has 0 spiro atoms. The van der Waals surface area contributed by atoms with Gasteiger partial charge < -0.3 is 4.57 Å². The average Bonchev–Trinajstić information content (AvgIpc) is 3.11. The van der Waals surface area contributed by atoms with Gasteiger partial charge in [0.05, 0.1) is 4.90 Å². The predicted molar refractivity (Wildman–Crippen MR) is 108 cm³/mol. The van der Waals surface area contributed by atoms with E-state index >= 15 is 0 Å². The molecule has 5 nitrogen and oxygen atoms in total. The van der Waals surface area contributed by atoms with Gasteiger partial charge in [0.25, 0.3) is 0 Å². The molecular weight excluding hydrogens is 358 g/mol. The number of rotatable bonds is 7. The maximum Gasteiger partial charge on any atom is 0.243 e. The lowest BCUT2D eigenvalue weighted by Gasteiger charge is -2.31. The van der Waals surface area contributed by atoms with Crippen molar-refractivity contribution < 1.29 is 8.42 Å². The molecule has 0 amide bonds. The van der Waals surface area contributed by atoms with Crippen LogP contribution in [0.2, 0.25) is 0 Å². The van der Waals surface area contributed by atoms with Crippen molar-refractivity contribution in [3.63, 3.8) is 0 Å². The smallest absolute Gasteiger partial charge is 0.243 e. The number of hydrogen-bond acceptors (Lipinski definition) is 3. The molecule has 1 aliphatic rings. The number of nitrogens with zero attached hydrogens (tertiary/aromatic N) is 3. The Balaban J connectivity index is 1.61. The van der Waals surface area contributed by atoms with E-state index in [-0.39, 0.29) is 0 Å². The second kappa shape index (κ2) is 8.57. The summed E-state index contributed by atoms with van der Waals surface area (Å²) in [6.07, 6.45) is 7.73. The van der Waals surface area contributed by atoms with Crippen LogP contribution in [0, 0.1) is 5.92 Å². The molecule has 1 saturated heterocycles. The van der Waals surface area contributed by atoms with Gasteiger partial charge in [-0.05, 0) is 42.9 Å². The minimum atomic E-state index is -3.39. The lowest BCUT2D eigenvalue weighted by atomic mass is 9.98. The van der Waals surface area contributed by atoms with Crippen LogP contribution < -0.4 is 0 Å². The first kappa shape index (κ1) is 20.1. The van der Waals surface area contributed by atoms with Crippen molar-refractivity contribution in [1.82, 2.24) is 13.9 Å². The predicted octanol–water partition coefficient (Wildman–Crippen LogP) is 4.06. The molecule has 0 N–H and O–H groups in total. The quantitative estimate of drug-likeness (QED) is 0.717. The number of aromatic nitrogens is 2. The summed E-state index contributed by atoms with van der Waals surface area (Å²) in [5.74, 6) is 2.00. The van der Waals surface area contributed by atoms with Gasteiger partial charge >= 0.3 is 0 Å². The van der Waals surface area contributed by atoms with Gasteiger partial charge in [0.2, 0.25) is 10.0 Å². The summed E-state index contributed by atoms with van der Waals surface area (Å²) in [5, 5.41) is 0. The lowest BCUT2D eigenvalue weighted by Crippen LogP contribution is -2.39. The van der Waals surface area contributed by atoms with Crippen molar-refractivity contribution in [3.8, 4) is 0 Å². The van der Waals surface area contributed by atoms with Crippen LogP contribution in [0.1, 0.15) is 57.3 Å². The minimum absolute atomic E-state index is 0.399. The summed E-state index contributed by atoms with van der Waals surface area (Å²) in [5.41, 5.74) is 1.19. The molecule has 148 valence electrons. The van der Waals surface area contributed by atoms with Crippen LogP contribution in [0.4, 0.5) is 0 Å². The molecule has 0 radical (unpaired) electrons. The van der Waals surface area contributed by atoms with E-state index in [1.54, 1.807) is 16.4 Å². The maximum atomic E-state index is 12.9. The number of benzene rings is 1. The number of aryl methyl sites for hydroxylation is 1. The van der Waals surface area contributed by atoms with E-state index in [0.29, 0.717) is 29.8 Å². The summed E-state index contributed by atoms with van der Waals surface area (Å²) >= 11 is 0. The molecule has 0 unspecified atom stereocenters. The summed E-state index contributed by atoms with van der Waals surface area (Å²) in [6, 6.07) is 7.39. The number of piperidine rings is 1. The second-order valence-electron chi connectivity index (χ2n) is 7.83. The van der Waals surface area contributed by atoms with E-state index in [1.807, 2.05) is 24.5 Å². The largest absolute Gasteiger partial charge is 0.334 e. The van der Waals surface area contributed by atoms with E-state index < -0.39 is 10.0 Å². The third-order valence-electron chi connectivity index (χ3n) is 5.39. The third-order valence-corrected chi connectivity index (χ3v) is 7.31. The van der Waals surface area contributed by atoms with Crippen molar-refractivity contribution in [2.45, 2.75) is 63.8 Å². The Morgan fingerprint density at radius 2 is 1.81 bits per heavy atom. The molecule has 1 aromatic heterocycles. The van der Waals surface area contributed by atoms with Crippen LogP contribution in [-0.4, -0.2) is 35.4 Å². The van der Waals surface area contributed by atoms with Crippen LogP contribution in [0.25, 0.3) is 0 Å². The van der Waals surface area contributed by atoms with Crippen molar-refractivity contribution in [1.29, 1.82) is 0 Å². The number of sulfonamides is 1. The zero-order chi connectivity index (χ0) is 19.4. The van der Waals surface area contributed by atoms with E-state index in [0.717, 1.165) is 38.1 Å². The second-order valence-corrected chi connectivity index (χ2v) is 9.77. The molecule has 2 aromatic rings. The Hall–Kier alpha value is -1.66. The van der Waals surface area contributed by atoms with Crippen LogP contribution in [0.5, 0.6) is 0 Å². The Bertz CT molecular complexity index is 833. The van der Waals surface area contributed by atoms with Gasteiger partial charge in [0.1, 0.15) is 5.82 Å². The van der Waals surface area contributed by atoms with Crippen LogP contribution in [0.15, 0.2) is 41.6 Å². The van der Waals surface area contributed by atoms with Crippen molar-refractivity contribution >= 4 is 10.0 Å². The highest BCUT2D eigenvalue weighted by Gasteiger charge is 2.29. The number of imidazole rings is 1. The van der Waals surface area contributed by atoms with E-state index in [4.69, 9.17) is 0 Å². The van der Waals surface area contributed by atoms with Gasteiger partial charge in [-0.2, -0.15) is 4.31 Å². The first-order valence-corrected chi connectivity index (χ1v) is 11.5. The van der Waals surface area contributed by atoms with Crippen LogP contribution in [0.3, 0.4) is 0 Å². The molecule has 2 heterocycles. The third kappa shape index (κ3) is 4.61. The van der Waals surface area contributed by atoms with Gasteiger partial charge in [-0.15, -0.1) is 0 Å². The van der Waals surface area contributed by atoms with Crippen molar-refractivity contribution in [3.05, 3.63) is 48.0 Å².